The number of methoxy groups -OCH3 is 1. The number of nitrogens with two attached hydrogens (primary N) is 1. The van der Waals surface area contributed by atoms with E-state index in [2.05, 4.69) is 5.32 Å². The van der Waals surface area contributed by atoms with E-state index in [1.54, 1.807) is 7.11 Å². The smallest absolute Gasteiger partial charge is 0.223 e. The van der Waals surface area contributed by atoms with Crippen LogP contribution in [0.5, 0.6) is 11.5 Å². The minimum absolute atomic E-state index is 0.0195. The highest BCUT2D eigenvalue weighted by molar-refractivity contribution is 5.76. The van der Waals surface area contributed by atoms with Crippen LogP contribution in [0.1, 0.15) is 12.0 Å². The Hall–Kier alpha value is -2.69. The quantitative estimate of drug-likeness (QED) is 0.734. The minimum atomic E-state index is -0.0195. The monoisotopic (exact) mass is 314 g/mol. The molecule has 1 amide bonds. The molecule has 23 heavy (non-hydrogen) atoms. The number of ether oxygens (including phenoxy) is 2. The van der Waals surface area contributed by atoms with Gasteiger partial charge in [0.2, 0.25) is 5.91 Å². The summed E-state index contributed by atoms with van der Waals surface area (Å²) in [5.74, 6) is 1.48. The van der Waals surface area contributed by atoms with Crippen LogP contribution in [0.15, 0.2) is 48.5 Å². The van der Waals surface area contributed by atoms with Crippen LogP contribution in [0, 0.1) is 0 Å². The fourth-order valence-corrected chi connectivity index (χ4v) is 2.05. The van der Waals surface area contributed by atoms with Crippen molar-refractivity contribution >= 4 is 11.6 Å². The molecular formula is C18H22N2O3. The second kappa shape index (κ2) is 8.68. The van der Waals surface area contributed by atoms with Gasteiger partial charge in [-0.2, -0.15) is 0 Å². The fraction of sp³-hybridized carbons (Fsp3) is 0.278. The summed E-state index contributed by atoms with van der Waals surface area (Å²) in [6.07, 6.45) is 1.11. The number of hydrogen-bond donors (Lipinski definition) is 2. The lowest BCUT2D eigenvalue weighted by Crippen LogP contribution is -2.27. The molecule has 5 nitrogen and oxygen atoms in total. The lowest BCUT2D eigenvalue weighted by Gasteiger charge is -2.08. The zero-order valence-electron chi connectivity index (χ0n) is 13.2. The van der Waals surface area contributed by atoms with Crippen LogP contribution >= 0.6 is 0 Å². The predicted octanol–water partition coefficient (Wildman–Crippen LogP) is 2.41. The van der Waals surface area contributed by atoms with Crippen LogP contribution in [0.25, 0.3) is 0 Å². The van der Waals surface area contributed by atoms with Gasteiger partial charge in [-0.1, -0.05) is 12.1 Å². The Morgan fingerprint density at radius 1 is 1.04 bits per heavy atom. The zero-order valence-corrected chi connectivity index (χ0v) is 13.2. The first-order chi connectivity index (χ1) is 11.2. The number of rotatable bonds is 8. The molecule has 0 radical (unpaired) electrons. The third-order valence-electron chi connectivity index (χ3n) is 3.37. The van der Waals surface area contributed by atoms with Gasteiger partial charge in [0.25, 0.3) is 0 Å². The van der Waals surface area contributed by atoms with Crippen LogP contribution in [-0.2, 0) is 11.2 Å². The van der Waals surface area contributed by atoms with Crippen LogP contribution in [0.4, 0.5) is 5.69 Å². The van der Waals surface area contributed by atoms with Crippen molar-refractivity contribution in [3.8, 4) is 11.5 Å². The highest BCUT2D eigenvalue weighted by Crippen LogP contribution is 2.16. The summed E-state index contributed by atoms with van der Waals surface area (Å²) in [5, 5.41) is 2.88. The average molecular weight is 314 g/mol. The van der Waals surface area contributed by atoms with Crippen molar-refractivity contribution in [2.24, 2.45) is 0 Å². The molecule has 0 saturated heterocycles. The number of carbonyl (C=O) groups is 1. The Morgan fingerprint density at radius 3 is 2.35 bits per heavy atom. The van der Waals surface area contributed by atoms with E-state index in [1.165, 1.54) is 0 Å². The van der Waals surface area contributed by atoms with Crippen LogP contribution in [-0.4, -0.2) is 26.2 Å². The summed E-state index contributed by atoms with van der Waals surface area (Å²) in [6.45, 7) is 0.950. The van der Waals surface area contributed by atoms with E-state index < -0.39 is 0 Å². The van der Waals surface area contributed by atoms with E-state index >= 15 is 0 Å². The van der Waals surface area contributed by atoms with Gasteiger partial charge in [-0.05, 0) is 48.4 Å². The van der Waals surface area contributed by atoms with E-state index in [0.29, 0.717) is 19.6 Å². The number of anilines is 1. The molecule has 2 aromatic rings. The minimum Gasteiger partial charge on any atom is -0.497 e. The molecule has 0 bridgehead atoms. The van der Waals surface area contributed by atoms with E-state index in [-0.39, 0.29) is 5.91 Å². The second-order valence-electron chi connectivity index (χ2n) is 5.12. The first kappa shape index (κ1) is 16.7. The number of amides is 1. The van der Waals surface area contributed by atoms with Gasteiger partial charge in [0, 0.05) is 12.2 Å². The van der Waals surface area contributed by atoms with Gasteiger partial charge in [0.05, 0.1) is 20.1 Å². The van der Waals surface area contributed by atoms with Crippen LogP contribution < -0.4 is 20.5 Å². The molecule has 0 aliphatic carbocycles. The SMILES string of the molecule is COc1ccc(OCCC(=O)NCCc2ccc(N)cc2)cc1. The molecule has 0 aromatic heterocycles. The maximum absolute atomic E-state index is 11.7. The Bertz CT molecular complexity index is 609. The number of hydrogen-bond acceptors (Lipinski definition) is 4. The number of carbonyl (C=O) groups excluding carboxylic acids is 1. The lowest BCUT2D eigenvalue weighted by atomic mass is 10.1. The maximum Gasteiger partial charge on any atom is 0.223 e. The molecule has 2 aromatic carbocycles. The number of nitrogens with one attached hydrogen (secondary N) is 1. The average Bonchev–Trinajstić information content (AvgIpc) is 2.57. The summed E-state index contributed by atoms with van der Waals surface area (Å²) >= 11 is 0. The topological polar surface area (TPSA) is 73.6 Å². The molecule has 0 unspecified atom stereocenters. The lowest BCUT2D eigenvalue weighted by molar-refractivity contribution is -0.121. The molecule has 0 saturated carbocycles. The zero-order chi connectivity index (χ0) is 16.5. The van der Waals surface area contributed by atoms with Gasteiger partial charge >= 0.3 is 0 Å². The summed E-state index contributed by atoms with van der Waals surface area (Å²) in [5.41, 5.74) is 7.52. The van der Waals surface area contributed by atoms with Crippen molar-refractivity contribution in [2.45, 2.75) is 12.8 Å². The third-order valence-corrected chi connectivity index (χ3v) is 3.37. The third kappa shape index (κ3) is 5.90. The summed E-state index contributed by atoms with van der Waals surface area (Å²) in [4.78, 5) is 11.7. The van der Waals surface area contributed by atoms with E-state index in [9.17, 15) is 4.79 Å². The van der Waals surface area contributed by atoms with Gasteiger partial charge < -0.3 is 20.5 Å². The van der Waals surface area contributed by atoms with E-state index in [0.717, 1.165) is 29.2 Å². The van der Waals surface area contributed by atoms with Crippen molar-refractivity contribution < 1.29 is 14.3 Å². The van der Waals surface area contributed by atoms with Gasteiger partial charge in [-0.3, -0.25) is 4.79 Å². The van der Waals surface area contributed by atoms with Crippen molar-refractivity contribution in [2.75, 3.05) is 26.0 Å². The van der Waals surface area contributed by atoms with Crippen molar-refractivity contribution in [1.82, 2.24) is 5.32 Å². The molecule has 0 aliphatic heterocycles. The van der Waals surface area contributed by atoms with Crippen molar-refractivity contribution in [3.05, 3.63) is 54.1 Å². The fourth-order valence-electron chi connectivity index (χ4n) is 2.05. The van der Waals surface area contributed by atoms with Gasteiger partial charge in [0.15, 0.2) is 0 Å². The van der Waals surface area contributed by atoms with Crippen molar-refractivity contribution in [1.29, 1.82) is 0 Å². The van der Waals surface area contributed by atoms with Crippen LogP contribution in [0.2, 0.25) is 0 Å². The normalized spacial score (nSPS) is 10.1. The molecular weight excluding hydrogens is 292 g/mol. The van der Waals surface area contributed by atoms with Gasteiger partial charge in [0.1, 0.15) is 11.5 Å². The Morgan fingerprint density at radius 2 is 1.70 bits per heavy atom. The number of nitrogen functional groups attached to an aromatic ring is 1. The van der Waals surface area contributed by atoms with E-state index in [4.69, 9.17) is 15.2 Å². The summed E-state index contributed by atoms with van der Waals surface area (Å²) in [7, 11) is 1.62. The highest BCUT2D eigenvalue weighted by atomic mass is 16.5. The Labute approximate surface area is 136 Å². The first-order valence-electron chi connectivity index (χ1n) is 7.55. The summed E-state index contributed by atoms with van der Waals surface area (Å²) in [6, 6.07) is 14.9. The molecule has 3 N–H and O–H groups in total. The molecule has 0 fully saturated rings. The Kier molecular flexibility index (Phi) is 6.29. The molecule has 0 spiro atoms. The highest BCUT2D eigenvalue weighted by Gasteiger charge is 2.02. The van der Waals surface area contributed by atoms with Crippen LogP contribution in [0.3, 0.4) is 0 Å². The molecule has 122 valence electrons. The predicted molar refractivity (Wildman–Crippen MR) is 90.7 cm³/mol. The molecule has 0 atom stereocenters. The Balaban J connectivity index is 1.62. The second-order valence-corrected chi connectivity index (χ2v) is 5.12. The molecule has 0 aliphatic rings. The van der Waals surface area contributed by atoms with Gasteiger partial charge in [-0.25, -0.2) is 0 Å². The van der Waals surface area contributed by atoms with Gasteiger partial charge in [-0.15, -0.1) is 0 Å². The summed E-state index contributed by atoms with van der Waals surface area (Å²) < 4.78 is 10.6. The van der Waals surface area contributed by atoms with Crippen molar-refractivity contribution in [3.63, 3.8) is 0 Å². The maximum atomic E-state index is 11.7. The van der Waals surface area contributed by atoms with E-state index in [1.807, 2.05) is 48.5 Å². The molecule has 5 heteroatoms. The number of benzene rings is 2. The standard InChI is InChI=1S/C18H22N2O3/c1-22-16-6-8-17(9-7-16)23-13-11-18(21)20-12-10-14-2-4-15(19)5-3-14/h2-9H,10-13,19H2,1H3,(H,20,21). The molecule has 0 heterocycles. The first-order valence-corrected chi connectivity index (χ1v) is 7.55. The molecule has 2 rings (SSSR count). The largest absolute Gasteiger partial charge is 0.497 e.